The van der Waals surface area contributed by atoms with Gasteiger partial charge in [-0.1, -0.05) is 0 Å². The minimum Gasteiger partial charge on any atom is -0.376 e. The molecule has 7 heteroatoms. The molecule has 1 aliphatic heterocycles. The van der Waals surface area contributed by atoms with Gasteiger partial charge in [-0.25, -0.2) is 15.0 Å². The van der Waals surface area contributed by atoms with Crippen LogP contribution in [0.2, 0.25) is 0 Å². The molecule has 0 unspecified atom stereocenters. The maximum Gasteiger partial charge on any atom is 0.225 e. The third-order valence-corrected chi connectivity index (χ3v) is 3.92. The predicted molar refractivity (Wildman–Crippen MR) is 83.0 cm³/mol. The van der Waals surface area contributed by atoms with Crippen LogP contribution in [-0.4, -0.2) is 51.5 Å². The molecule has 22 heavy (non-hydrogen) atoms. The lowest BCUT2D eigenvalue weighted by Gasteiger charge is -2.24. The van der Waals surface area contributed by atoms with E-state index in [0.717, 1.165) is 48.6 Å². The van der Waals surface area contributed by atoms with Crippen molar-refractivity contribution >= 4 is 5.95 Å². The van der Waals surface area contributed by atoms with Crippen LogP contribution in [0, 0.1) is 20.8 Å². The lowest BCUT2D eigenvalue weighted by molar-refractivity contribution is 0.108. The number of hydrogen-bond acceptors (Lipinski definition) is 6. The SMILES string of the molecule is Cc1cc(C)nc(N(C)C[C@H]2OCC[C@H]2c2n[nH]c(C)n2)n1. The van der Waals surface area contributed by atoms with E-state index >= 15 is 0 Å². The highest BCUT2D eigenvalue weighted by Crippen LogP contribution is 2.30. The van der Waals surface area contributed by atoms with Gasteiger partial charge >= 0.3 is 0 Å². The maximum absolute atomic E-state index is 5.89. The lowest BCUT2D eigenvalue weighted by Crippen LogP contribution is -2.33. The van der Waals surface area contributed by atoms with Crippen molar-refractivity contribution in [1.82, 2.24) is 25.1 Å². The van der Waals surface area contributed by atoms with Crippen molar-refractivity contribution in [2.45, 2.75) is 39.2 Å². The van der Waals surface area contributed by atoms with Gasteiger partial charge in [0.25, 0.3) is 0 Å². The van der Waals surface area contributed by atoms with Gasteiger partial charge in [0.2, 0.25) is 5.95 Å². The summed E-state index contributed by atoms with van der Waals surface area (Å²) in [6.45, 7) is 7.34. The summed E-state index contributed by atoms with van der Waals surface area (Å²) in [7, 11) is 2.00. The zero-order valence-corrected chi connectivity index (χ0v) is 13.5. The fourth-order valence-corrected chi connectivity index (χ4v) is 2.88. The normalized spacial score (nSPS) is 21.3. The molecule has 7 nitrogen and oxygen atoms in total. The van der Waals surface area contributed by atoms with Crippen molar-refractivity contribution in [3.8, 4) is 0 Å². The Hall–Kier alpha value is -2.02. The van der Waals surface area contributed by atoms with Crippen LogP contribution in [0.5, 0.6) is 0 Å². The van der Waals surface area contributed by atoms with Crippen molar-refractivity contribution in [3.05, 3.63) is 29.1 Å². The van der Waals surface area contributed by atoms with Crippen LogP contribution in [0.4, 0.5) is 5.95 Å². The molecule has 3 rings (SSSR count). The Bertz CT molecular complexity index is 635. The summed E-state index contributed by atoms with van der Waals surface area (Å²) in [5, 5.41) is 7.20. The Labute approximate surface area is 130 Å². The first-order chi connectivity index (χ1) is 10.5. The molecule has 118 valence electrons. The third kappa shape index (κ3) is 3.09. The number of aryl methyl sites for hydroxylation is 3. The summed E-state index contributed by atoms with van der Waals surface area (Å²) in [6, 6.07) is 1.97. The fraction of sp³-hybridized carbons (Fsp3) is 0.600. The summed E-state index contributed by atoms with van der Waals surface area (Å²) in [6.07, 6.45) is 1.01. The van der Waals surface area contributed by atoms with Gasteiger partial charge in [0.05, 0.1) is 12.0 Å². The van der Waals surface area contributed by atoms with E-state index in [1.165, 1.54) is 0 Å². The minimum atomic E-state index is 0.0598. The molecule has 1 N–H and O–H groups in total. The Morgan fingerprint density at radius 1 is 1.23 bits per heavy atom. The van der Waals surface area contributed by atoms with Gasteiger partial charge in [-0.05, 0) is 33.3 Å². The van der Waals surface area contributed by atoms with Gasteiger partial charge in [-0.3, -0.25) is 5.10 Å². The number of ether oxygens (including phenoxy) is 1. The van der Waals surface area contributed by atoms with Crippen LogP contribution in [0.1, 0.15) is 35.4 Å². The van der Waals surface area contributed by atoms with E-state index in [0.29, 0.717) is 0 Å². The molecule has 1 saturated heterocycles. The quantitative estimate of drug-likeness (QED) is 0.922. The summed E-state index contributed by atoms with van der Waals surface area (Å²) >= 11 is 0. The molecule has 0 amide bonds. The summed E-state index contributed by atoms with van der Waals surface area (Å²) in [5.74, 6) is 2.64. The second kappa shape index (κ2) is 6.00. The van der Waals surface area contributed by atoms with Gasteiger partial charge in [0.1, 0.15) is 5.82 Å². The summed E-state index contributed by atoms with van der Waals surface area (Å²) in [4.78, 5) is 15.5. The number of aromatic nitrogens is 5. The van der Waals surface area contributed by atoms with Gasteiger partial charge < -0.3 is 9.64 Å². The maximum atomic E-state index is 5.89. The van der Waals surface area contributed by atoms with Crippen LogP contribution in [-0.2, 0) is 4.74 Å². The average Bonchev–Trinajstić information content (AvgIpc) is 3.06. The van der Waals surface area contributed by atoms with Crippen molar-refractivity contribution in [1.29, 1.82) is 0 Å². The first-order valence-electron chi connectivity index (χ1n) is 7.57. The van der Waals surface area contributed by atoms with E-state index in [2.05, 4.69) is 25.1 Å². The molecule has 1 aliphatic rings. The molecular formula is C15H22N6O. The Morgan fingerprint density at radius 2 is 1.95 bits per heavy atom. The van der Waals surface area contributed by atoms with E-state index in [4.69, 9.17) is 4.74 Å². The van der Waals surface area contributed by atoms with E-state index in [1.807, 2.05) is 38.8 Å². The molecule has 0 bridgehead atoms. The van der Waals surface area contributed by atoms with E-state index < -0.39 is 0 Å². The monoisotopic (exact) mass is 302 g/mol. The highest BCUT2D eigenvalue weighted by molar-refractivity contribution is 5.31. The Kier molecular flexibility index (Phi) is 4.06. The van der Waals surface area contributed by atoms with Crippen LogP contribution in [0.25, 0.3) is 0 Å². The van der Waals surface area contributed by atoms with Gasteiger partial charge in [-0.15, -0.1) is 0 Å². The second-order valence-electron chi connectivity index (χ2n) is 5.91. The number of H-pyrrole nitrogens is 1. The molecule has 2 aromatic heterocycles. The molecule has 0 radical (unpaired) electrons. The zero-order chi connectivity index (χ0) is 15.7. The Balaban J connectivity index is 1.73. The highest BCUT2D eigenvalue weighted by atomic mass is 16.5. The van der Waals surface area contributed by atoms with Gasteiger partial charge in [0.15, 0.2) is 5.82 Å². The van der Waals surface area contributed by atoms with Crippen molar-refractivity contribution in [2.75, 3.05) is 25.1 Å². The molecule has 0 aliphatic carbocycles. The largest absolute Gasteiger partial charge is 0.376 e. The molecular weight excluding hydrogens is 280 g/mol. The van der Waals surface area contributed by atoms with E-state index in [9.17, 15) is 0 Å². The molecule has 2 atom stereocenters. The summed E-state index contributed by atoms with van der Waals surface area (Å²) < 4.78 is 5.89. The average molecular weight is 302 g/mol. The molecule has 3 heterocycles. The number of hydrogen-bond donors (Lipinski definition) is 1. The zero-order valence-electron chi connectivity index (χ0n) is 13.5. The number of rotatable bonds is 4. The fourth-order valence-electron chi connectivity index (χ4n) is 2.88. The number of anilines is 1. The van der Waals surface area contributed by atoms with E-state index in [1.54, 1.807) is 0 Å². The van der Waals surface area contributed by atoms with Crippen LogP contribution in [0.3, 0.4) is 0 Å². The first-order valence-corrected chi connectivity index (χ1v) is 7.57. The molecule has 0 aromatic carbocycles. The first kappa shape index (κ1) is 14.9. The van der Waals surface area contributed by atoms with Gasteiger partial charge in [-0.2, -0.15) is 5.10 Å². The molecule has 1 fully saturated rings. The number of likely N-dealkylation sites (N-methyl/N-ethyl adjacent to an activating group) is 1. The van der Waals surface area contributed by atoms with Crippen molar-refractivity contribution in [2.24, 2.45) is 0 Å². The molecule has 0 saturated carbocycles. The lowest BCUT2D eigenvalue weighted by atomic mass is 10.0. The van der Waals surface area contributed by atoms with Gasteiger partial charge in [0, 0.05) is 31.6 Å². The van der Waals surface area contributed by atoms with Crippen molar-refractivity contribution in [3.63, 3.8) is 0 Å². The molecule has 2 aromatic rings. The highest BCUT2D eigenvalue weighted by Gasteiger charge is 2.33. The summed E-state index contributed by atoms with van der Waals surface area (Å²) in [5.41, 5.74) is 1.95. The second-order valence-corrected chi connectivity index (χ2v) is 5.91. The standard InChI is InChI=1S/C15H22N6O/c1-9-7-10(2)17-15(16-9)21(4)8-13-12(5-6-22-13)14-18-11(3)19-20-14/h7,12-13H,5-6,8H2,1-4H3,(H,18,19,20)/t12-,13-/m1/s1. The predicted octanol–water partition coefficient (Wildman–Crippen LogP) is 1.53. The number of nitrogens with zero attached hydrogens (tertiary/aromatic N) is 5. The topological polar surface area (TPSA) is 79.8 Å². The number of nitrogens with one attached hydrogen (secondary N) is 1. The van der Waals surface area contributed by atoms with Crippen LogP contribution >= 0.6 is 0 Å². The van der Waals surface area contributed by atoms with Crippen LogP contribution < -0.4 is 4.90 Å². The van der Waals surface area contributed by atoms with Crippen LogP contribution in [0.15, 0.2) is 6.07 Å². The minimum absolute atomic E-state index is 0.0598. The number of aromatic amines is 1. The third-order valence-electron chi connectivity index (χ3n) is 3.92. The molecule has 0 spiro atoms. The van der Waals surface area contributed by atoms with Crippen molar-refractivity contribution < 1.29 is 4.74 Å². The Morgan fingerprint density at radius 3 is 2.59 bits per heavy atom. The smallest absolute Gasteiger partial charge is 0.225 e. The van der Waals surface area contributed by atoms with E-state index in [-0.39, 0.29) is 12.0 Å².